The summed E-state index contributed by atoms with van der Waals surface area (Å²) in [5, 5.41) is 11.6. The lowest BCUT2D eigenvalue weighted by Gasteiger charge is -2.06. The van der Waals surface area contributed by atoms with Crippen molar-refractivity contribution in [2.24, 2.45) is 0 Å². The van der Waals surface area contributed by atoms with Gasteiger partial charge in [-0.15, -0.1) is 0 Å². The van der Waals surface area contributed by atoms with Gasteiger partial charge in [-0.3, -0.25) is 4.79 Å². The standard InChI is InChI=1S/C17H17BrO4/c18-9-3-1-2-4-16(19)22-15-8-7-12-10-14(17(20)21)6-5-13(12)11-15/h5-8,10-11H,1-4,9H2,(H,20,21). The van der Waals surface area contributed by atoms with Gasteiger partial charge >= 0.3 is 11.9 Å². The lowest BCUT2D eigenvalue weighted by molar-refractivity contribution is -0.134. The summed E-state index contributed by atoms with van der Waals surface area (Å²) in [6, 6.07) is 10.0. The molecule has 0 bridgehead atoms. The zero-order valence-electron chi connectivity index (χ0n) is 12.0. The van der Waals surface area contributed by atoms with Crippen LogP contribution in [0.25, 0.3) is 10.8 Å². The smallest absolute Gasteiger partial charge is 0.335 e. The van der Waals surface area contributed by atoms with E-state index in [1.54, 1.807) is 30.3 Å². The molecule has 0 unspecified atom stereocenters. The van der Waals surface area contributed by atoms with Crippen LogP contribution in [0.3, 0.4) is 0 Å². The molecule has 1 N–H and O–H groups in total. The van der Waals surface area contributed by atoms with Crippen molar-refractivity contribution in [2.45, 2.75) is 25.7 Å². The van der Waals surface area contributed by atoms with Crippen LogP contribution in [0, 0.1) is 0 Å². The Hall–Kier alpha value is -1.88. The largest absolute Gasteiger partial charge is 0.478 e. The van der Waals surface area contributed by atoms with E-state index in [-0.39, 0.29) is 11.5 Å². The summed E-state index contributed by atoms with van der Waals surface area (Å²) >= 11 is 3.35. The maximum Gasteiger partial charge on any atom is 0.335 e. The molecular weight excluding hydrogens is 348 g/mol. The molecule has 0 saturated heterocycles. The highest BCUT2D eigenvalue weighted by Gasteiger charge is 2.07. The van der Waals surface area contributed by atoms with Gasteiger partial charge in [0.15, 0.2) is 0 Å². The molecule has 0 atom stereocenters. The number of carboxylic acids is 1. The minimum absolute atomic E-state index is 0.240. The summed E-state index contributed by atoms with van der Waals surface area (Å²) in [6.07, 6.45) is 3.27. The number of halogens is 1. The first kappa shape index (κ1) is 16.5. The van der Waals surface area contributed by atoms with Crippen LogP contribution in [0.4, 0.5) is 0 Å². The van der Waals surface area contributed by atoms with Crippen molar-refractivity contribution in [1.82, 2.24) is 0 Å². The quantitative estimate of drug-likeness (QED) is 0.342. The number of esters is 1. The molecule has 116 valence electrons. The van der Waals surface area contributed by atoms with E-state index in [4.69, 9.17) is 9.84 Å². The molecule has 0 spiro atoms. The Labute approximate surface area is 137 Å². The van der Waals surface area contributed by atoms with Crippen LogP contribution in [-0.4, -0.2) is 22.4 Å². The average molecular weight is 365 g/mol. The summed E-state index contributed by atoms with van der Waals surface area (Å²) in [7, 11) is 0. The first-order chi connectivity index (χ1) is 10.6. The van der Waals surface area contributed by atoms with E-state index in [1.807, 2.05) is 0 Å². The fraction of sp³-hybridized carbons (Fsp3) is 0.294. The van der Waals surface area contributed by atoms with Gasteiger partial charge in [0.05, 0.1) is 5.56 Å². The maximum absolute atomic E-state index is 11.7. The number of benzene rings is 2. The number of rotatable bonds is 7. The Morgan fingerprint density at radius 3 is 2.45 bits per heavy atom. The van der Waals surface area contributed by atoms with Gasteiger partial charge in [-0.1, -0.05) is 34.5 Å². The second-order valence-electron chi connectivity index (χ2n) is 5.00. The van der Waals surface area contributed by atoms with Gasteiger partial charge in [0.25, 0.3) is 0 Å². The predicted molar refractivity (Wildman–Crippen MR) is 88.8 cm³/mol. The normalized spacial score (nSPS) is 10.6. The molecule has 5 heteroatoms. The van der Waals surface area contributed by atoms with E-state index in [0.29, 0.717) is 12.2 Å². The molecule has 0 aliphatic rings. The second kappa shape index (κ2) is 7.94. The van der Waals surface area contributed by atoms with Crippen molar-refractivity contribution in [1.29, 1.82) is 0 Å². The molecular formula is C17H17BrO4. The lowest BCUT2D eigenvalue weighted by Crippen LogP contribution is -2.07. The number of fused-ring (bicyclic) bond motifs is 1. The zero-order valence-corrected chi connectivity index (χ0v) is 13.6. The predicted octanol–water partition coefficient (Wildman–Crippen LogP) is 4.40. The summed E-state index contributed by atoms with van der Waals surface area (Å²) < 4.78 is 5.31. The fourth-order valence-corrected chi connectivity index (χ4v) is 2.54. The Bertz CT molecular complexity index is 681. The number of alkyl halides is 1. The maximum atomic E-state index is 11.7. The third-order valence-corrected chi connectivity index (χ3v) is 3.87. The van der Waals surface area contributed by atoms with E-state index in [2.05, 4.69) is 15.9 Å². The molecule has 22 heavy (non-hydrogen) atoms. The first-order valence-corrected chi connectivity index (χ1v) is 8.26. The molecule has 2 aromatic rings. The Balaban J connectivity index is 2.02. The highest BCUT2D eigenvalue weighted by Crippen LogP contribution is 2.22. The van der Waals surface area contributed by atoms with Gasteiger partial charge in [0, 0.05) is 11.8 Å². The van der Waals surface area contributed by atoms with Gasteiger partial charge in [-0.2, -0.15) is 0 Å². The molecule has 0 saturated carbocycles. The van der Waals surface area contributed by atoms with E-state index in [1.165, 1.54) is 6.07 Å². The van der Waals surface area contributed by atoms with Crippen LogP contribution in [0.5, 0.6) is 5.75 Å². The van der Waals surface area contributed by atoms with Crippen molar-refractivity contribution < 1.29 is 19.4 Å². The lowest BCUT2D eigenvalue weighted by atomic mass is 10.1. The van der Waals surface area contributed by atoms with Crippen LogP contribution in [0.2, 0.25) is 0 Å². The van der Waals surface area contributed by atoms with Crippen LogP contribution >= 0.6 is 15.9 Å². The molecule has 0 aromatic heterocycles. The fourth-order valence-electron chi connectivity index (χ4n) is 2.14. The molecule has 2 rings (SSSR count). The van der Waals surface area contributed by atoms with E-state index in [9.17, 15) is 9.59 Å². The van der Waals surface area contributed by atoms with E-state index in [0.717, 1.165) is 35.4 Å². The monoisotopic (exact) mass is 364 g/mol. The number of carbonyl (C=O) groups is 2. The van der Waals surface area contributed by atoms with Gasteiger partial charge in [0.2, 0.25) is 0 Å². The van der Waals surface area contributed by atoms with Crippen molar-refractivity contribution >= 4 is 38.6 Å². The van der Waals surface area contributed by atoms with Crippen LogP contribution in [-0.2, 0) is 4.79 Å². The first-order valence-electron chi connectivity index (χ1n) is 7.14. The average Bonchev–Trinajstić information content (AvgIpc) is 2.51. The topological polar surface area (TPSA) is 63.6 Å². The summed E-state index contributed by atoms with van der Waals surface area (Å²) in [6.45, 7) is 0. The van der Waals surface area contributed by atoms with Gasteiger partial charge in [-0.25, -0.2) is 4.79 Å². The number of aromatic carboxylic acids is 1. The molecule has 0 aliphatic heterocycles. The van der Waals surface area contributed by atoms with Crippen LogP contribution in [0.15, 0.2) is 36.4 Å². The number of hydrogen-bond donors (Lipinski definition) is 1. The Morgan fingerprint density at radius 2 is 1.73 bits per heavy atom. The Morgan fingerprint density at radius 1 is 1.00 bits per heavy atom. The molecule has 4 nitrogen and oxygen atoms in total. The van der Waals surface area contributed by atoms with Gasteiger partial charge in [-0.05, 0) is 47.9 Å². The number of carbonyl (C=O) groups excluding carboxylic acids is 1. The number of ether oxygens (including phenoxy) is 1. The highest BCUT2D eigenvalue weighted by molar-refractivity contribution is 9.09. The molecule has 0 radical (unpaired) electrons. The molecule has 0 aliphatic carbocycles. The van der Waals surface area contributed by atoms with Gasteiger partial charge < -0.3 is 9.84 Å². The van der Waals surface area contributed by atoms with Crippen molar-refractivity contribution in [3.05, 3.63) is 42.0 Å². The highest BCUT2D eigenvalue weighted by atomic mass is 79.9. The SMILES string of the molecule is O=C(CCCCCBr)Oc1ccc2cc(C(=O)O)ccc2c1. The third-order valence-electron chi connectivity index (χ3n) is 3.30. The third kappa shape index (κ3) is 4.56. The number of carboxylic acid groups (broad SMARTS) is 1. The van der Waals surface area contributed by atoms with Crippen molar-refractivity contribution in [2.75, 3.05) is 5.33 Å². The molecule has 2 aromatic carbocycles. The molecule has 0 fully saturated rings. The Kier molecular flexibility index (Phi) is 5.95. The summed E-state index contributed by atoms with van der Waals surface area (Å²) in [5.41, 5.74) is 0.240. The van der Waals surface area contributed by atoms with E-state index < -0.39 is 5.97 Å². The van der Waals surface area contributed by atoms with Crippen molar-refractivity contribution in [3.8, 4) is 5.75 Å². The van der Waals surface area contributed by atoms with E-state index >= 15 is 0 Å². The molecule has 0 heterocycles. The van der Waals surface area contributed by atoms with Crippen molar-refractivity contribution in [3.63, 3.8) is 0 Å². The van der Waals surface area contributed by atoms with Crippen LogP contribution < -0.4 is 4.74 Å². The minimum Gasteiger partial charge on any atom is -0.478 e. The minimum atomic E-state index is -0.958. The second-order valence-corrected chi connectivity index (χ2v) is 5.80. The van der Waals surface area contributed by atoms with Gasteiger partial charge in [0.1, 0.15) is 5.75 Å². The number of hydrogen-bond acceptors (Lipinski definition) is 3. The summed E-state index contributed by atoms with van der Waals surface area (Å²) in [5.74, 6) is -0.710. The number of unbranched alkanes of at least 4 members (excludes halogenated alkanes) is 2. The van der Waals surface area contributed by atoms with Crippen LogP contribution in [0.1, 0.15) is 36.0 Å². The molecule has 0 amide bonds. The zero-order chi connectivity index (χ0) is 15.9. The summed E-state index contributed by atoms with van der Waals surface area (Å²) in [4.78, 5) is 22.7.